The summed E-state index contributed by atoms with van der Waals surface area (Å²) in [6, 6.07) is 0.240. The molecule has 248 valence electrons. The number of alkyl halides is 1. The molecule has 0 aromatic rings. The second-order valence-electron chi connectivity index (χ2n) is 8.92. The molecule has 2 atom stereocenters. The number of unbranched alkanes of at least 4 members (excludes halogenated alkanes) is 1. The predicted molar refractivity (Wildman–Crippen MR) is 191 cm³/mol. The molecule has 0 aromatic carbocycles. The van der Waals surface area contributed by atoms with Crippen LogP contribution < -0.4 is 10.7 Å². The summed E-state index contributed by atoms with van der Waals surface area (Å²) in [6.45, 7) is 26.1. The van der Waals surface area contributed by atoms with E-state index in [9.17, 15) is 4.39 Å². The smallest absolute Gasteiger partial charge is 0.127 e. The van der Waals surface area contributed by atoms with Crippen molar-refractivity contribution in [3.63, 3.8) is 0 Å². The van der Waals surface area contributed by atoms with Crippen molar-refractivity contribution in [2.75, 3.05) is 34.0 Å². The van der Waals surface area contributed by atoms with E-state index in [0.29, 0.717) is 5.71 Å². The monoisotopic (exact) mass is 598 g/mol. The summed E-state index contributed by atoms with van der Waals surface area (Å²) >= 11 is 0. The molecule has 0 spiro atoms. The van der Waals surface area contributed by atoms with Crippen LogP contribution in [-0.2, 0) is 4.74 Å². The number of aliphatic imine (C=N–C) groups is 2. The Bertz CT molecular complexity index is 721. The van der Waals surface area contributed by atoms with Crippen molar-refractivity contribution in [2.45, 2.75) is 108 Å². The van der Waals surface area contributed by atoms with Crippen LogP contribution >= 0.6 is 0 Å². The Balaban J connectivity index is -0.000000117. The topological polar surface area (TPSA) is 90.6 Å². The highest BCUT2D eigenvalue weighted by Gasteiger charge is 1.95. The molecule has 0 fully saturated rings. The number of rotatable bonds is 15. The number of ether oxygens (including phenoxy) is 1. The van der Waals surface area contributed by atoms with Gasteiger partial charge in [0.05, 0.1) is 12.3 Å². The fourth-order valence-electron chi connectivity index (χ4n) is 1.78. The van der Waals surface area contributed by atoms with E-state index >= 15 is 0 Å². The molecule has 0 saturated heterocycles. The third-order valence-corrected chi connectivity index (χ3v) is 3.88. The van der Waals surface area contributed by atoms with Crippen molar-refractivity contribution >= 4 is 18.3 Å². The fourth-order valence-corrected chi connectivity index (χ4v) is 1.78. The number of nitrogens with zero attached hydrogens (tertiary/aromatic N) is 3. The van der Waals surface area contributed by atoms with Crippen molar-refractivity contribution in [3.05, 3.63) is 60.9 Å². The van der Waals surface area contributed by atoms with E-state index in [1.807, 2.05) is 47.0 Å². The van der Waals surface area contributed by atoms with Crippen molar-refractivity contribution in [1.82, 2.24) is 10.7 Å². The van der Waals surface area contributed by atoms with Gasteiger partial charge in [0.2, 0.25) is 0 Å². The van der Waals surface area contributed by atoms with Crippen LogP contribution in [0.25, 0.3) is 0 Å². The lowest BCUT2D eigenvalue weighted by Crippen LogP contribution is -2.20. The van der Waals surface area contributed by atoms with Gasteiger partial charge in [-0.05, 0) is 68.5 Å². The summed E-state index contributed by atoms with van der Waals surface area (Å²) in [5.41, 5.74) is 5.72. The minimum atomic E-state index is -0.525. The van der Waals surface area contributed by atoms with E-state index in [1.165, 1.54) is 43.6 Å². The number of hydrazone groups is 1. The molecule has 7 nitrogen and oxygen atoms in total. The lowest BCUT2D eigenvalue weighted by molar-refractivity contribution is 0.144. The number of halogens is 1. The molecule has 0 heterocycles. The van der Waals surface area contributed by atoms with Crippen LogP contribution in [0.2, 0.25) is 0 Å². The van der Waals surface area contributed by atoms with Gasteiger partial charge < -0.3 is 20.6 Å². The van der Waals surface area contributed by atoms with E-state index in [0.717, 1.165) is 25.2 Å². The second kappa shape index (κ2) is 48.1. The molecular formula is C34H68FN5O2. The Labute approximate surface area is 260 Å². The highest BCUT2D eigenvalue weighted by atomic mass is 19.1. The van der Waals surface area contributed by atoms with Gasteiger partial charge in [-0.2, -0.15) is 5.10 Å². The Hall–Kier alpha value is -2.68. The predicted octanol–water partition coefficient (Wildman–Crippen LogP) is 8.66. The molecule has 0 rings (SSSR count). The number of hydrogen-bond donors (Lipinski definition) is 3. The zero-order valence-electron chi connectivity index (χ0n) is 28.2. The average Bonchev–Trinajstić information content (AvgIpc) is 2.93. The first-order valence-corrected chi connectivity index (χ1v) is 14.5. The van der Waals surface area contributed by atoms with E-state index < -0.39 is 12.8 Å². The molecule has 8 heteroatoms. The van der Waals surface area contributed by atoms with E-state index in [2.05, 4.69) is 84.9 Å². The lowest BCUT2D eigenvalue weighted by Gasteiger charge is -2.07. The lowest BCUT2D eigenvalue weighted by atomic mass is 10.1. The average molecular weight is 598 g/mol. The zero-order valence-corrected chi connectivity index (χ0v) is 28.2. The molecule has 42 heavy (non-hydrogen) atoms. The Morgan fingerprint density at radius 3 is 2.00 bits per heavy atom. The fraction of sp³-hybridized carbons (Fsp3) is 0.618. The van der Waals surface area contributed by atoms with Crippen molar-refractivity contribution in [3.8, 4) is 0 Å². The molecule has 0 radical (unpaired) electrons. The first kappa shape index (κ1) is 52.0. The van der Waals surface area contributed by atoms with Crippen LogP contribution in [0.5, 0.6) is 0 Å². The molecule has 0 aliphatic carbocycles. The minimum Gasteiger partial charge on any atom is -0.388 e. The van der Waals surface area contributed by atoms with Gasteiger partial charge in [0, 0.05) is 31.2 Å². The van der Waals surface area contributed by atoms with Crippen LogP contribution in [0.4, 0.5) is 4.39 Å². The number of aliphatic hydroxyl groups is 1. The third kappa shape index (κ3) is 66.0. The molecule has 0 aliphatic heterocycles. The maximum atomic E-state index is 11.6. The zero-order chi connectivity index (χ0) is 32.7. The van der Waals surface area contributed by atoms with Gasteiger partial charge in [0.25, 0.3) is 0 Å². The van der Waals surface area contributed by atoms with Gasteiger partial charge in [-0.25, -0.2) is 14.4 Å². The summed E-state index contributed by atoms with van der Waals surface area (Å²) in [5.74, 6) is 0. The van der Waals surface area contributed by atoms with Crippen LogP contribution in [0, 0.1) is 0 Å². The van der Waals surface area contributed by atoms with Crippen LogP contribution in [0.3, 0.4) is 0 Å². The van der Waals surface area contributed by atoms with Gasteiger partial charge in [-0.15, -0.1) is 0 Å². The van der Waals surface area contributed by atoms with Crippen LogP contribution in [-0.4, -0.2) is 69.5 Å². The standard InChI is InChI=1S/C16H26N2O.C6H9FN2.C6H14O.C3H8.C2H7N.CH4/c1-6-13(2)10-11-14(3)8-7-9-15(4)18-17-12-16(5)19;1-3-8-5-9-6(2)4-7;1-3-5-6-7-4-2;2*1-3-2;/h6-8,10-12,15-16,18-19H,1,9H2,2-5H3;3,5H,1,4H2,2H3;3-6H2,1-2H3;3H2,1-2H3;3H,1-2H3;1H4/b8-7+,13-10-,14-11+,17-12+;;;;;. The van der Waals surface area contributed by atoms with Crippen LogP contribution in [0.1, 0.15) is 95.4 Å². The summed E-state index contributed by atoms with van der Waals surface area (Å²) < 4.78 is 16.7. The summed E-state index contributed by atoms with van der Waals surface area (Å²) in [7, 11) is 3.75. The van der Waals surface area contributed by atoms with Gasteiger partial charge in [-0.3, -0.25) is 0 Å². The highest BCUT2D eigenvalue weighted by molar-refractivity contribution is 5.89. The van der Waals surface area contributed by atoms with Gasteiger partial charge in [0.1, 0.15) is 13.0 Å². The number of nitrogens with one attached hydrogen (secondary N) is 2. The molecule has 0 saturated carbocycles. The first-order chi connectivity index (χ1) is 19.5. The van der Waals surface area contributed by atoms with E-state index in [4.69, 9.17) is 9.84 Å². The second-order valence-corrected chi connectivity index (χ2v) is 8.92. The van der Waals surface area contributed by atoms with E-state index in [-0.39, 0.29) is 13.5 Å². The van der Waals surface area contributed by atoms with Crippen LogP contribution in [0.15, 0.2) is 76.0 Å². The minimum absolute atomic E-state index is 0. The molecule has 0 amide bonds. The molecule has 0 bridgehead atoms. The number of allylic oxidation sites excluding steroid dienone is 6. The van der Waals surface area contributed by atoms with Crippen molar-refractivity contribution in [1.29, 1.82) is 0 Å². The van der Waals surface area contributed by atoms with Crippen molar-refractivity contribution in [2.24, 2.45) is 15.1 Å². The highest BCUT2D eigenvalue weighted by Crippen LogP contribution is 2.02. The number of hydrogen-bond acceptors (Lipinski definition) is 6. The Kier molecular flexibility index (Phi) is 59.5. The molecule has 3 N–H and O–H groups in total. The summed E-state index contributed by atoms with van der Waals surface area (Å²) in [4.78, 5) is 7.16. The Morgan fingerprint density at radius 2 is 1.57 bits per heavy atom. The first-order valence-electron chi connectivity index (χ1n) is 14.5. The number of aliphatic hydroxyl groups excluding tert-OH is 1. The quantitative estimate of drug-likeness (QED) is 0.0579. The maximum absolute atomic E-state index is 11.6. The largest absolute Gasteiger partial charge is 0.388 e. The summed E-state index contributed by atoms with van der Waals surface area (Å²) in [5, 5.41) is 15.7. The third-order valence-electron chi connectivity index (χ3n) is 3.88. The maximum Gasteiger partial charge on any atom is 0.127 e. The van der Waals surface area contributed by atoms with Gasteiger partial charge in [0.15, 0.2) is 0 Å². The molecule has 2 unspecified atom stereocenters. The summed E-state index contributed by atoms with van der Waals surface area (Å²) in [6.07, 6.45) is 18.3. The van der Waals surface area contributed by atoms with Gasteiger partial charge >= 0.3 is 0 Å². The normalized spacial score (nSPS) is 12.7. The molecule has 0 aliphatic rings. The Morgan fingerprint density at radius 1 is 1.02 bits per heavy atom. The molecular weight excluding hydrogens is 529 g/mol. The van der Waals surface area contributed by atoms with Gasteiger partial charge in [-0.1, -0.05) is 95.7 Å². The SMILES string of the molecule is C.C=CN=CN=C(C)CF.C=C\C(C)=C/C=C(C)/C=C/CC(C)N/N=C/C(C)O.CCC.CCCCOCC.CNC. The van der Waals surface area contributed by atoms with Crippen molar-refractivity contribution < 1.29 is 14.2 Å². The van der Waals surface area contributed by atoms with E-state index in [1.54, 1.807) is 13.8 Å². The molecule has 0 aromatic heterocycles.